The Labute approximate surface area is 107 Å². The number of halogens is 1. The van der Waals surface area contributed by atoms with E-state index in [1.165, 1.54) is 0 Å². The Morgan fingerprint density at radius 2 is 1.94 bits per heavy atom. The molecule has 0 aromatic heterocycles. The SMILES string of the molecule is CCN(CC)C(Cc1ccccc1Cl)C(=O)O. The van der Waals surface area contributed by atoms with E-state index in [2.05, 4.69) is 0 Å². The molecule has 0 saturated carbocycles. The number of hydrogen-bond donors (Lipinski definition) is 1. The summed E-state index contributed by atoms with van der Waals surface area (Å²) in [5.74, 6) is -0.798. The summed E-state index contributed by atoms with van der Waals surface area (Å²) in [5, 5.41) is 9.90. The first-order valence-corrected chi connectivity index (χ1v) is 6.18. The van der Waals surface area contributed by atoms with E-state index in [-0.39, 0.29) is 0 Å². The lowest BCUT2D eigenvalue weighted by molar-refractivity contribution is -0.143. The minimum Gasteiger partial charge on any atom is -0.480 e. The van der Waals surface area contributed by atoms with Crippen LogP contribution in [0.4, 0.5) is 0 Å². The Morgan fingerprint density at radius 1 is 1.35 bits per heavy atom. The van der Waals surface area contributed by atoms with Crippen molar-refractivity contribution in [3.05, 3.63) is 34.9 Å². The number of likely N-dealkylation sites (N-methyl/N-ethyl adjacent to an activating group) is 1. The second kappa shape index (κ2) is 6.62. The van der Waals surface area contributed by atoms with Gasteiger partial charge < -0.3 is 5.11 Å². The fourth-order valence-corrected chi connectivity index (χ4v) is 2.12. The van der Waals surface area contributed by atoms with Crippen LogP contribution in [0, 0.1) is 0 Å². The van der Waals surface area contributed by atoms with Crippen molar-refractivity contribution in [2.75, 3.05) is 13.1 Å². The maximum Gasteiger partial charge on any atom is 0.321 e. The molecule has 0 amide bonds. The average molecular weight is 256 g/mol. The zero-order valence-electron chi connectivity index (χ0n) is 10.2. The minimum atomic E-state index is -0.798. The molecule has 1 N–H and O–H groups in total. The van der Waals surface area contributed by atoms with Crippen LogP contribution in [0.3, 0.4) is 0 Å². The smallest absolute Gasteiger partial charge is 0.321 e. The number of carboxylic acid groups (broad SMARTS) is 1. The summed E-state index contributed by atoms with van der Waals surface area (Å²) < 4.78 is 0. The normalized spacial score (nSPS) is 12.7. The molecule has 0 radical (unpaired) electrons. The molecule has 1 unspecified atom stereocenters. The van der Waals surface area contributed by atoms with Crippen LogP contribution in [0.1, 0.15) is 19.4 Å². The van der Waals surface area contributed by atoms with Gasteiger partial charge in [-0.2, -0.15) is 0 Å². The summed E-state index contributed by atoms with van der Waals surface area (Å²) in [7, 11) is 0. The molecule has 1 atom stereocenters. The molecule has 0 aliphatic heterocycles. The quantitative estimate of drug-likeness (QED) is 0.850. The predicted molar refractivity (Wildman–Crippen MR) is 69.5 cm³/mol. The molecule has 0 bridgehead atoms. The molecule has 1 aromatic rings. The molecule has 0 spiro atoms. The molecule has 1 aromatic carbocycles. The lowest BCUT2D eigenvalue weighted by Crippen LogP contribution is -2.42. The molecular formula is C13H18ClNO2. The van der Waals surface area contributed by atoms with Gasteiger partial charge in [0.05, 0.1) is 0 Å². The average Bonchev–Trinajstić information content (AvgIpc) is 2.31. The molecule has 0 heterocycles. The van der Waals surface area contributed by atoms with Crippen molar-refractivity contribution in [1.82, 2.24) is 4.90 Å². The van der Waals surface area contributed by atoms with E-state index >= 15 is 0 Å². The number of rotatable bonds is 6. The zero-order valence-corrected chi connectivity index (χ0v) is 10.9. The second-order valence-electron chi connectivity index (χ2n) is 3.87. The first-order valence-electron chi connectivity index (χ1n) is 5.80. The number of nitrogens with zero attached hydrogens (tertiary/aromatic N) is 1. The molecule has 17 heavy (non-hydrogen) atoms. The third kappa shape index (κ3) is 3.72. The van der Waals surface area contributed by atoms with E-state index in [0.29, 0.717) is 11.4 Å². The van der Waals surface area contributed by atoms with Crippen molar-refractivity contribution in [1.29, 1.82) is 0 Å². The van der Waals surface area contributed by atoms with Gasteiger partial charge in [0, 0.05) is 11.4 Å². The minimum absolute atomic E-state index is 0.441. The zero-order chi connectivity index (χ0) is 12.8. The summed E-state index contributed by atoms with van der Waals surface area (Å²) in [6, 6.07) is 6.88. The Morgan fingerprint density at radius 3 is 2.41 bits per heavy atom. The summed E-state index contributed by atoms with van der Waals surface area (Å²) in [5.41, 5.74) is 0.883. The largest absolute Gasteiger partial charge is 0.480 e. The monoisotopic (exact) mass is 255 g/mol. The number of hydrogen-bond acceptors (Lipinski definition) is 2. The maximum absolute atomic E-state index is 11.3. The Bertz CT molecular complexity index is 377. The molecule has 3 nitrogen and oxygen atoms in total. The van der Waals surface area contributed by atoms with Gasteiger partial charge in [-0.15, -0.1) is 0 Å². The molecule has 94 valence electrons. The highest BCUT2D eigenvalue weighted by Crippen LogP contribution is 2.18. The van der Waals surface area contributed by atoms with E-state index in [4.69, 9.17) is 11.6 Å². The van der Waals surface area contributed by atoms with Gasteiger partial charge in [-0.1, -0.05) is 43.6 Å². The van der Waals surface area contributed by atoms with E-state index < -0.39 is 12.0 Å². The first kappa shape index (κ1) is 14.0. The van der Waals surface area contributed by atoms with Gasteiger partial charge in [0.15, 0.2) is 0 Å². The number of carbonyl (C=O) groups is 1. The fourth-order valence-electron chi connectivity index (χ4n) is 1.91. The Kier molecular flexibility index (Phi) is 5.45. The lowest BCUT2D eigenvalue weighted by Gasteiger charge is -2.26. The Hall–Kier alpha value is -1.06. The van der Waals surface area contributed by atoms with Crippen LogP contribution in [0.15, 0.2) is 24.3 Å². The summed E-state index contributed by atoms with van der Waals surface area (Å²) in [6.45, 7) is 5.37. The Balaban J connectivity index is 2.87. The van der Waals surface area contributed by atoms with Gasteiger partial charge in [-0.3, -0.25) is 9.69 Å². The third-order valence-electron chi connectivity index (χ3n) is 2.91. The van der Waals surface area contributed by atoms with E-state index in [1.807, 2.05) is 36.9 Å². The molecule has 0 fully saturated rings. The van der Waals surface area contributed by atoms with Crippen molar-refractivity contribution in [2.45, 2.75) is 26.3 Å². The number of carboxylic acids is 1. The number of aliphatic carboxylic acids is 1. The molecule has 4 heteroatoms. The topological polar surface area (TPSA) is 40.5 Å². The van der Waals surface area contributed by atoms with Gasteiger partial charge in [-0.25, -0.2) is 0 Å². The van der Waals surface area contributed by atoms with Crippen LogP contribution >= 0.6 is 11.6 Å². The molecule has 0 saturated heterocycles. The molecule has 0 aliphatic rings. The third-order valence-corrected chi connectivity index (χ3v) is 3.28. The molecular weight excluding hydrogens is 238 g/mol. The standard InChI is InChI=1S/C13H18ClNO2/c1-3-15(4-2)12(13(16)17)9-10-7-5-6-8-11(10)14/h5-8,12H,3-4,9H2,1-2H3,(H,16,17). The highest BCUT2D eigenvalue weighted by atomic mass is 35.5. The molecule has 0 aliphatic carbocycles. The van der Waals surface area contributed by atoms with E-state index in [1.54, 1.807) is 6.07 Å². The molecule has 1 rings (SSSR count). The van der Waals surface area contributed by atoms with Crippen LogP contribution in [0.2, 0.25) is 5.02 Å². The summed E-state index contributed by atoms with van der Waals surface area (Å²) >= 11 is 6.05. The fraction of sp³-hybridized carbons (Fsp3) is 0.462. The van der Waals surface area contributed by atoms with Crippen LogP contribution in [0.5, 0.6) is 0 Å². The van der Waals surface area contributed by atoms with Gasteiger partial charge in [-0.05, 0) is 24.7 Å². The van der Waals surface area contributed by atoms with Crippen molar-refractivity contribution < 1.29 is 9.90 Å². The van der Waals surface area contributed by atoms with E-state index in [0.717, 1.165) is 18.7 Å². The summed E-state index contributed by atoms with van der Waals surface area (Å²) in [4.78, 5) is 13.2. The van der Waals surface area contributed by atoms with Crippen molar-refractivity contribution in [3.63, 3.8) is 0 Å². The highest BCUT2D eigenvalue weighted by Gasteiger charge is 2.24. The second-order valence-corrected chi connectivity index (χ2v) is 4.28. The van der Waals surface area contributed by atoms with Crippen LogP contribution in [-0.2, 0) is 11.2 Å². The maximum atomic E-state index is 11.3. The van der Waals surface area contributed by atoms with Crippen LogP contribution in [0.25, 0.3) is 0 Å². The number of benzene rings is 1. The van der Waals surface area contributed by atoms with Gasteiger partial charge in [0.2, 0.25) is 0 Å². The van der Waals surface area contributed by atoms with Crippen molar-refractivity contribution >= 4 is 17.6 Å². The highest BCUT2D eigenvalue weighted by molar-refractivity contribution is 6.31. The van der Waals surface area contributed by atoms with Crippen molar-refractivity contribution in [2.24, 2.45) is 0 Å². The van der Waals surface area contributed by atoms with Gasteiger partial charge >= 0.3 is 5.97 Å². The van der Waals surface area contributed by atoms with Crippen molar-refractivity contribution in [3.8, 4) is 0 Å². The van der Waals surface area contributed by atoms with E-state index in [9.17, 15) is 9.90 Å². The van der Waals surface area contributed by atoms with Gasteiger partial charge in [0.25, 0.3) is 0 Å². The van der Waals surface area contributed by atoms with Crippen LogP contribution in [-0.4, -0.2) is 35.1 Å². The summed E-state index contributed by atoms with van der Waals surface area (Å²) in [6.07, 6.45) is 0.441. The predicted octanol–water partition coefficient (Wildman–Crippen LogP) is 2.68. The van der Waals surface area contributed by atoms with Gasteiger partial charge in [0.1, 0.15) is 6.04 Å². The van der Waals surface area contributed by atoms with Crippen LogP contribution < -0.4 is 0 Å². The first-order chi connectivity index (χ1) is 8.10. The lowest BCUT2D eigenvalue weighted by atomic mass is 10.0.